The van der Waals surface area contributed by atoms with E-state index in [0.717, 1.165) is 24.8 Å². The second-order valence-electron chi connectivity index (χ2n) is 4.69. The molecule has 3 aliphatic rings. The minimum atomic E-state index is 0.000602. The monoisotopic (exact) mass is 192 g/mol. The molecule has 14 heavy (non-hydrogen) atoms. The lowest BCUT2D eigenvalue weighted by molar-refractivity contribution is -0.150. The maximum atomic E-state index is 11.7. The van der Waals surface area contributed by atoms with Gasteiger partial charge in [0.25, 0.3) is 0 Å². The van der Waals surface area contributed by atoms with Crippen LogP contribution in [-0.2, 0) is 9.53 Å². The van der Waals surface area contributed by atoms with Gasteiger partial charge in [0.2, 0.25) is 0 Å². The SMILES string of the molecule is O=C1OC2CCCCC2C2=C1CCC2. The van der Waals surface area contributed by atoms with E-state index in [1.165, 1.54) is 31.3 Å². The average molecular weight is 192 g/mol. The molecule has 0 aromatic rings. The summed E-state index contributed by atoms with van der Waals surface area (Å²) in [6.45, 7) is 0. The number of fused-ring (bicyclic) bond motifs is 2. The van der Waals surface area contributed by atoms with E-state index < -0.39 is 0 Å². The highest BCUT2D eigenvalue weighted by atomic mass is 16.5. The lowest BCUT2D eigenvalue weighted by Gasteiger charge is -2.36. The van der Waals surface area contributed by atoms with Gasteiger partial charge in [-0.15, -0.1) is 0 Å². The minimum absolute atomic E-state index is 0.000602. The standard InChI is InChI=1S/C12H16O2/c13-12-10-6-3-5-8(10)9-4-1-2-7-11(9)14-12/h9,11H,1-7H2. The fourth-order valence-corrected chi connectivity index (χ4v) is 3.25. The molecule has 1 heterocycles. The van der Waals surface area contributed by atoms with Crippen molar-refractivity contribution in [3.05, 3.63) is 11.1 Å². The summed E-state index contributed by atoms with van der Waals surface area (Å²) in [5, 5.41) is 0. The summed E-state index contributed by atoms with van der Waals surface area (Å²) < 4.78 is 5.51. The van der Waals surface area contributed by atoms with Gasteiger partial charge in [-0.3, -0.25) is 0 Å². The molecule has 0 N–H and O–H groups in total. The van der Waals surface area contributed by atoms with E-state index >= 15 is 0 Å². The van der Waals surface area contributed by atoms with Crippen molar-refractivity contribution in [2.45, 2.75) is 51.0 Å². The molecule has 3 rings (SSSR count). The van der Waals surface area contributed by atoms with Crippen LogP contribution in [0, 0.1) is 5.92 Å². The van der Waals surface area contributed by atoms with Crippen molar-refractivity contribution in [3.8, 4) is 0 Å². The Hall–Kier alpha value is -0.790. The lowest BCUT2D eigenvalue weighted by atomic mass is 9.78. The van der Waals surface area contributed by atoms with Gasteiger partial charge in [0.1, 0.15) is 6.10 Å². The van der Waals surface area contributed by atoms with Crippen molar-refractivity contribution in [2.75, 3.05) is 0 Å². The normalized spacial score (nSPS) is 36.4. The third-order valence-electron chi connectivity index (χ3n) is 3.92. The molecular weight excluding hydrogens is 176 g/mol. The maximum absolute atomic E-state index is 11.7. The van der Waals surface area contributed by atoms with Crippen molar-refractivity contribution >= 4 is 5.97 Å². The van der Waals surface area contributed by atoms with Crippen molar-refractivity contribution in [1.29, 1.82) is 0 Å². The Morgan fingerprint density at radius 3 is 2.86 bits per heavy atom. The summed E-state index contributed by atoms with van der Waals surface area (Å²) in [7, 11) is 0. The minimum Gasteiger partial charge on any atom is -0.458 e. The fraction of sp³-hybridized carbons (Fsp3) is 0.750. The predicted octanol–water partition coefficient (Wildman–Crippen LogP) is 2.58. The summed E-state index contributed by atoms with van der Waals surface area (Å²) >= 11 is 0. The van der Waals surface area contributed by atoms with Gasteiger partial charge in [-0.05, 0) is 38.5 Å². The van der Waals surface area contributed by atoms with Crippen LogP contribution in [0.3, 0.4) is 0 Å². The molecule has 0 aromatic heterocycles. The zero-order valence-electron chi connectivity index (χ0n) is 8.42. The molecule has 0 spiro atoms. The molecular formula is C12H16O2. The van der Waals surface area contributed by atoms with Crippen molar-refractivity contribution < 1.29 is 9.53 Å². The van der Waals surface area contributed by atoms with E-state index in [9.17, 15) is 4.79 Å². The Balaban J connectivity index is 1.96. The second kappa shape index (κ2) is 3.11. The summed E-state index contributed by atoms with van der Waals surface area (Å²) in [4.78, 5) is 11.7. The zero-order valence-corrected chi connectivity index (χ0v) is 8.42. The second-order valence-corrected chi connectivity index (χ2v) is 4.69. The summed E-state index contributed by atoms with van der Waals surface area (Å²) in [5.74, 6) is 0.597. The lowest BCUT2D eigenvalue weighted by Crippen LogP contribution is -2.36. The largest absolute Gasteiger partial charge is 0.458 e. The molecule has 2 unspecified atom stereocenters. The molecule has 2 nitrogen and oxygen atoms in total. The molecule has 1 aliphatic heterocycles. The molecule has 0 radical (unpaired) electrons. The third-order valence-corrected chi connectivity index (χ3v) is 3.92. The molecule has 2 heteroatoms. The van der Waals surface area contributed by atoms with E-state index in [4.69, 9.17) is 4.74 Å². The zero-order chi connectivity index (χ0) is 9.54. The van der Waals surface area contributed by atoms with E-state index in [2.05, 4.69) is 0 Å². The summed E-state index contributed by atoms with van der Waals surface area (Å²) in [6.07, 6.45) is 8.41. The quantitative estimate of drug-likeness (QED) is 0.551. The molecule has 0 saturated heterocycles. The van der Waals surface area contributed by atoms with Crippen LogP contribution in [0.5, 0.6) is 0 Å². The number of carbonyl (C=O) groups excluding carboxylic acids is 1. The van der Waals surface area contributed by atoms with Crippen LogP contribution < -0.4 is 0 Å². The number of carbonyl (C=O) groups is 1. The van der Waals surface area contributed by atoms with E-state index in [1.54, 1.807) is 0 Å². The van der Waals surface area contributed by atoms with Crippen LogP contribution in [0.4, 0.5) is 0 Å². The summed E-state index contributed by atoms with van der Waals surface area (Å²) in [5.41, 5.74) is 2.50. The molecule has 0 amide bonds. The fourth-order valence-electron chi connectivity index (χ4n) is 3.25. The first-order valence-electron chi connectivity index (χ1n) is 5.79. The molecule has 0 bridgehead atoms. The first-order valence-corrected chi connectivity index (χ1v) is 5.79. The highest BCUT2D eigenvalue weighted by Gasteiger charge is 2.40. The number of hydrogen-bond acceptors (Lipinski definition) is 2. The molecule has 2 atom stereocenters. The number of hydrogen-bond donors (Lipinski definition) is 0. The van der Waals surface area contributed by atoms with Crippen molar-refractivity contribution in [2.24, 2.45) is 5.92 Å². The molecule has 1 saturated carbocycles. The van der Waals surface area contributed by atoms with Crippen LogP contribution in [-0.4, -0.2) is 12.1 Å². The Kier molecular flexibility index (Phi) is 1.89. The van der Waals surface area contributed by atoms with Crippen LogP contribution in [0.25, 0.3) is 0 Å². The van der Waals surface area contributed by atoms with Crippen LogP contribution in [0.15, 0.2) is 11.1 Å². The van der Waals surface area contributed by atoms with Gasteiger partial charge in [0, 0.05) is 11.5 Å². The van der Waals surface area contributed by atoms with Crippen LogP contribution in [0.2, 0.25) is 0 Å². The summed E-state index contributed by atoms with van der Waals surface area (Å²) in [6, 6.07) is 0. The van der Waals surface area contributed by atoms with Gasteiger partial charge in [0.05, 0.1) is 0 Å². The van der Waals surface area contributed by atoms with Crippen molar-refractivity contribution in [1.82, 2.24) is 0 Å². The Labute approximate surface area is 84.3 Å². The van der Waals surface area contributed by atoms with Gasteiger partial charge in [-0.25, -0.2) is 4.79 Å². The molecule has 0 aromatic carbocycles. The van der Waals surface area contributed by atoms with Gasteiger partial charge in [-0.2, -0.15) is 0 Å². The smallest absolute Gasteiger partial charge is 0.334 e. The van der Waals surface area contributed by atoms with Crippen molar-refractivity contribution in [3.63, 3.8) is 0 Å². The Morgan fingerprint density at radius 2 is 1.93 bits per heavy atom. The van der Waals surface area contributed by atoms with Crippen LogP contribution in [0.1, 0.15) is 44.9 Å². The Bertz CT molecular complexity index is 303. The maximum Gasteiger partial charge on any atom is 0.334 e. The van der Waals surface area contributed by atoms with Gasteiger partial charge in [-0.1, -0.05) is 12.0 Å². The van der Waals surface area contributed by atoms with Gasteiger partial charge in [0.15, 0.2) is 0 Å². The highest BCUT2D eigenvalue weighted by molar-refractivity contribution is 5.91. The Morgan fingerprint density at radius 1 is 1.07 bits per heavy atom. The number of rotatable bonds is 0. The van der Waals surface area contributed by atoms with Gasteiger partial charge >= 0.3 is 5.97 Å². The first kappa shape index (κ1) is 8.51. The third kappa shape index (κ3) is 1.13. The first-order chi connectivity index (χ1) is 6.86. The predicted molar refractivity (Wildman–Crippen MR) is 52.7 cm³/mol. The van der Waals surface area contributed by atoms with E-state index in [0.29, 0.717) is 5.92 Å². The van der Waals surface area contributed by atoms with E-state index in [-0.39, 0.29) is 12.1 Å². The van der Waals surface area contributed by atoms with Crippen LogP contribution >= 0.6 is 0 Å². The molecule has 2 aliphatic carbocycles. The van der Waals surface area contributed by atoms with E-state index in [1.807, 2.05) is 0 Å². The average Bonchev–Trinajstić information content (AvgIpc) is 2.67. The number of esters is 1. The topological polar surface area (TPSA) is 26.3 Å². The number of ether oxygens (including phenoxy) is 1. The highest BCUT2D eigenvalue weighted by Crippen LogP contribution is 2.44. The molecule has 1 fully saturated rings. The molecule has 76 valence electrons. The van der Waals surface area contributed by atoms with Gasteiger partial charge < -0.3 is 4.74 Å².